The number of aromatic nitrogens is 1. The first-order valence-corrected chi connectivity index (χ1v) is 7.99. The number of rotatable bonds is 7. The van der Waals surface area contributed by atoms with Gasteiger partial charge >= 0.3 is 5.97 Å². The Morgan fingerprint density at radius 3 is 2.68 bits per heavy atom. The number of carbonyl (C=O) groups is 2. The first kappa shape index (κ1) is 15.8. The minimum absolute atomic E-state index is 0.0270. The second kappa shape index (κ2) is 7.34. The number of nitrogens with zero attached hydrogens (tertiary/aromatic N) is 1. The normalized spacial score (nSPS) is 11.9. The fraction of sp³-hybridized carbons (Fsp3) is 0.545. The molecule has 1 heterocycles. The lowest BCUT2D eigenvalue weighted by Crippen LogP contribution is -2.12. The van der Waals surface area contributed by atoms with E-state index in [2.05, 4.69) is 15.0 Å². The summed E-state index contributed by atoms with van der Waals surface area (Å²) in [5.41, 5.74) is 0.0270. The fourth-order valence-electron chi connectivity index (χ4n) is 1.29. The van der Waals surface area contributed by atoms with Gasteiger partial charge in [-0.05, 0) is 0 Å². The van der Waals surface area contributed by atoms with Gasteiger partial charge in [-0.25, -0.2) is 9.78 Å². The van der Waals surface area contributed by atoms with E-state index in [0.29, 0.717) is 23.2 Å². The number of ketones is 1. The molecule has 1 aromatic heterocycles. The molecule has 1 rings (SSSR count). The number of hydrogen-bond acceptors (Lipinski definition) is 7. The molecule has 0 aliphatic heterocycles. The molecule has 0 spiro atoms. The molecule has 1 atom stereocenters. The summed E-state index contributed by atoms with van der Waals surface area (Å²) in [6.07, 6.45) is 0. The van der Waals surface area contributed by atoms with Crippen molar-refractivity contribution in [3.05, 3.63) is 10.6 Å². The van der Waals surface area contributed by atoms with Gasteiger partial charge in [0.05, 0.1) is 7.11 Å². The van der Waals surface area contributed by atoms with Crippen LogP contribution in [0.15, 0.2) is 0 Å². The number of methoxy groups -OCH3 is 1. The molecule has 1 unspecified atom stereocenters. The van der Waals surface area contributed by atoms with Crippen LogP contribution in [0.4, 0.5) is 5.13 Å². The summed E-state index contributed by atoms with van der Waals surface area (Å²) in [6.45, 7) is 3.70. The molecule has 0 saturated heterocycles. The summed E-state index contributed by atoms with van der Waals surface area (Å²) in [6, 6.07) is 0. The fourth-order valence-corrected chi connectivity index (χ4v) is 2.78. The minimum Gasteiger partial charge on any atom is -0.464 e. The van der Waals surface area contributed by atoms with Crippen LogP contribution in [0.5, 0.6) is 0 Å². The van der Waals surface area contributed by atoms with Crippen LogP contribution in [0.3, 0.4) is 0 Å². The monoisotopic (exact) mass is 304 g/mol. The van der Waals surface area contributed by atoms with E-state index in [1.807, 2.05) is 6.92 Å². The maximum Gasteiger partial charge on any atom is 0.358 e. The molecule has 0 saturated carbocycles. The molecule has 106 valence electrons. The number of esters is 1. The van der Waals surface area contributed by atoms with Crippen molar-refractivity contribution < 1.29 is 18.5 Å². The maximum atomic E-state index is 11.5. The van der Waals surface area contributed by atoms with Gasteiger partial charge in [0.1, 0.15) is 4.88 Å². The van der Waals surface area contributed by atoms with E-state index < -0.39 is 16.8 Å². The minimum atomic E-state index is -0.863. The average Bonchev–Trinajstić information content (AvgIpc) is 2.82. The van der Waals surface area contributed by atoms with Crippen LogP contribution in [0.1, 0.15) is 34.0 Å². The van der Waals surface area contributed by atoms with Gasteiger partial charge in [-0.2, -0.15) is 0 Å². The van der Waals surface area contributed by atoms with Crippen LogP contribution in [0, 0.1) is 0 Å². The second-order valence-corrected chi connectivity index (χ2v) is 6.47. The highest BCUT2D eigenvalue weighted by atomic mass is 32.2. The SMILES string of the molecule is CCS(=O)CCNc1nc(C(=O)OC)c(C(C)=O)s1. The summed E-state index contributed by atoms with van der Waals surface area (Å²) < 4.78 is 15.8. The van der Waals surface area contributed by atoms with Crippen molar-refractivity contribution in [1.29, 1.82) is 0 Å². The molecule has 0 aliphatic rings. The zero-order valence-electron chi connectivity index (χ0n) is 11.0. The van der Waals surface area contributed by atoms with Gasteiger partial charge in [0, 0.05) is 35.8 Å². The molecule has 0 aromatic carbocycles. The summed E-state index contributed by atoms with van der Waals surface area (Å²) >= 11 is 1.10. The highest BCUT2D eigenvalue weighted by Gasteiger charge is 2.21. The predicted octanol–water partition coefficient (Wildman–Crippen LogP) is 1.31. The van der Waals surface area contributed by atoms with Crippen LogP contribution in [0.2, 0.25) is 0 Å². The topological polar surface area (TPSA) is 85.4 Å². The van der Waals surface area contributed by atoms with Crippen LogP contribution in [0.25, 0.3) is 0 Å². The zero-order chi connectivity index (χ0) is 14.4. The number of hydrogen-bond donors (Lipinski definition) is 1. The summed E-state index contributed by atoms with van der Waals surface area (Å²) in [5.74, 6) is 0.236. The molecule has 0 aliphatic carbocycles. The van der Waals surface area contributed by atoms with E-state index >= 15 is 0 Å². The van der Waals surface area contributed by atoms with E-state index in [1.165, 1.54) is 14.0 Å². The number of anilines is 1. The molecule has 1 N–H and O–H groups in total. The largest absolute Gasteiger partial charge is 0.464 e. The van der Waals surface area contributed by atoms with Gasteiger partial charge in [0.2, 0.25) is 0 Å². The van der Waals surface area contributed by atoms with Gasteiger partial charge < -0.3 is 10.1 Å². The second-order valence-electron chi connectivity index (χ2n) is 3.60. The van der Waals surface area contributed by atoms with Gasteiger partial charge in [-0.1, -0.05) is 18.3 Å². The average molecular weight is 304 g/mol. The smallest absolute Gasteiger partial charge is 0.358 e. The van der Waals surface area contributed by atoms with Crippen LogP contribution in [-0.2, 0) is 15.5 Å². The summed E-state index contributed by atoms with van der Waals surface area (Å²) in [7, 11) is 0.377. The summed E-state index contributed by atoms with van der Waals surface area (Å²) in [5, 5.41) is 3.42. The number of carbonyl (C=O) groups excluding carboxylic acids is 2. The molecule has 1 aromatic rings. The molecular weight excluding hydrogens is 288 g/mol. The maximum absolute atomic E-state index is 11.5. The van der Waals surface area contributed by atoms with Crippen molar-refractivity contribution in [2.45, 2.75) is 13.8 Å². The number of nitrogens with one attached hydrogen (secondary N) is 1. The van der Waals surface area contributed by atoms with E-state index in [9.17, 15) is 13.8 Å². The van der Waals surface area contributed by atoms with Gasteiger partial charge in [0.15, 0.2) is 16.6 Å². The van der Waals surface area contributed by atoms with E-state index in [4.69, 9.17) is 0 Å². The van der Waals surface area contributed by atoms with Crippen molar-refractivity contribution in [2.24, 2.45) is 0 Å². The van der Waals surface area contributed by atoms with Gasteiger partial charge in [-0.3, -0.25) is 9.00 Å². The summed E-state index contributed by atoms with van der Waals surface area (Å²) in [4.78, 5) is 27.2. The van der Waals surface area contributed by atoms with E-state index in [0.717, 1.165) is 11.3 Å². The predicted molar refractivity (Wildman–Crippen MR) is 75.5 cm³/mol. The van der Waals surface area contributed by atoms with E-state index in [-0.39, 0.29) is 16.4 Å². The standard InChI is InChI=1S/C11H16N2O4S2/c1-4-19(16)6-5-12-11-13-8(10(15)17-3)9(18-11)7(2)14/h4-6H2,1-3H3,(H,12,13). The third-order valence-electron chi connectivity index (χ3n) is 2.25. The Morgan fingerprint density at radius 1 is 1.47 bits per heavy atom. The Labute approximate surface area is 118 Å². The number of Topliss-reactive ketones (excluding diaryl/α,β-unsaturated/α-hetero) is 1. The Balaban J connectivity index is 2.78. The van der Waals surface area contributed by atoms with Crippen molar-refractivity contribution in [3.63, 3.8) is 0 Å². The van der Waals surface area contributed by atoms with Crippen molar-refractivity contribution in [1.82, 2.24) is 4.98 Å². The lowest BCUT2D eigenvalue weighted by Gasteiger charge is -2.00. The molecule has 0 amide bonds. The van der Waals surface area contributed by atoms with Gasteiger partial charge in [-0.15, -0.1) is 0 Å². The Morgan fingerprint density at radius 2 is 2.16 bits per heavy atom. The van der Waals surface area contributed by atoms with Crippen molar-refractivity contribution >= 4 is 39.0 Å². The van der Waals surface area contributed by atoms with E-state index in [1.54, 1.807) is 0 Å². The first-order valence-electron chi connectivity index (χ1n) is 5.68. The first-order chi connectivity index (χ1) is 8.99. The Hall–Kier alpha value is -1.28. The molecule has 0 bridgehead atoms. The third-order valence-corrected chi connectivity index (χ3v) is 4.67. The van der Waals surface area contributed by atoms with Gasteiger partial charge in [0.25, 0.3) is 0 Å². The van der Waals surface area contributed by atoms with Crippen LogP contribution in [-0.4, -0.2) is 46.1 Å². The zero-order valence-corrected chi connectivity index (χ0v) is 12.7. The highest BCUT2D eigenvalue weighted by Crippen LogP contribution is 2.24. The van der Waals surface area contributed by atoms with Crippen LogP contribution >= 0.6 is 11.3 Å². The molecule has 19 heavy (non-hydrogen) atoms. The highest BCUT2D eigenvalue weighted by molar-refractivity contribution is 7.84. The lowest BCUT2D eigenvalue weighted by molar-refractivity contribution is 0.0591. The molecule has 0 fully saturated rings. The van der Waals surface area contributed by atoms with Crippen molar-refractivity contribution in [2.75, 3.05) is 30.5 Å². The Kier molecular flexibility index (Phi) is 6.10. The van der Waals surface area contributed by atoms with Crippen LogP contribution < -0.4 is 5.32 Å². The molecular formula is C11H16N2O4S2. The Bertz CT molecular complexity index is 499. The number of ether oxygens (including phenoxy) is 1. The molecule has 6 nitrogen and oxygen atoms in total. The van der Waals surface area contributed by atoms with Crippen molar-refractivity contribution in [3.8, 4) is 0 Å². The lowest BCUT2D eigenvalue weighted by atomic mass is 10.3. The molecule has 8 heteroatoms. The third kappa shape index (κ3) is 4.39. The molecule has 0 radical (unpaired) electrons. The quantitative estimate of drug-likeness (QED) is 0.604. The number of thiazole rings is 1.